The van der Waals surface area contributed by atoms with Crippen LogP contribution in [0.5, 0.6) is 0 Å². The number of halogens is 1. The Morgan fingerprint density at radius 3 is 2.57 bits per heavy atom. The molecule has 1 aromatic rings. The molecule has 1 rings (SSSR count). The number of azide groups is 1. The predicted octanol–water partition coefficient (Wildman–Crippen LogP) is 3.45. The van der Waals surface area contributed by atoms with E-state index in [2.05, 4.69) is 32.6 Å². The van der Waals surface area contributed by atoms with E-state index in [1.807, 2.05) is 30.3 Å². The smallest absolute Gasteiger partial charge is 0.151 e. The second kappa shape index (κ2) is 5.85. The molecule has 0 radical (unpaired) electrons. The van der Waals surface area contributed by atoms with E-state index >= 15 is 0 Å². The van der Waals surface area contributed by atoms with Gasteiger partial charge >= 0.3 is 0 Å². The summed E-state index contributed by atoms with van der Waals surface area (Å²) in [4.78, 5) is 2.75. The maximum atomic E-state index is 8.34. The molecule has 5 heteroatoms. The molecule has 0 N–H and O–H groups in total. The van der Waals surface area contributed by atoms with Crippen LogP contribution in [0.3, 0.4) is 0 Å². The number of rotatable bonds is 4. The Kier molecular flexibility index (Phi) is 4.72. The molecular weight excluding hydrogens is 293 g/mol. The molecule has 1 aromatic carbocycles. The highest BCUT2D eigenvalue weighted by Gasteiger charge is 2.17. The summed E-state index contributed by atoms with van der Waals surface area (Å²) < 4.78 is 5.12. The van der Waals surface area contributed by atoms with E-state index in [0.29, 0.717) is 0 Å². The van der Waals surface area contributed by atoms with Gasteiger partial charge in [0, 0.05) is 12.0 Å². The molecule has 0 heterocycles. The van der Waals surface area contributed by atoms with E-state index in [-0.39, 0.29) is 3.92 Å². The first-order chi connectivity index (χ1) is 6.79. The number of ether oxygens (including phenoxy) is 1. The van der Waals surface area contributed by atoms with Crippen molar-refractivity contribution < 1.29 is 4.74 Å². The number of alkyl halides is 1. The minimum Gasteiger partial charge on any atom is -0.374 e. The van der Waals surface area contributed by atoms with Gasteiger partial charge < -0.3 is 4.74 Å². The van der Waals surface area contributed by atoms with Gasteiger partial charge in [0.2, 0.25) is 0 Å². The Morgan fingerprint density at radius 1 is 1.43 bits per heavy atom. The third-order valence-corrected chi connectivity index (χ3v) is 3.11. The van der Waals surface area contributed by atoms with Crippen molar-refractivity contribution in [2.75, 3.05) is 7.11 Å². The summed E-state index contributed by atoms with van der Waals surface area (Å²) in [7, 11) is 1.54. The second-order valence-electron chi connectivity index (χ2n) is 2.64. The largest absolute Gasteiger partial charge is 0.374 e. The molecule has 0 saturated carbocycles. The van der Waals surface area contributed by atoms with Crippen LogP contribution in [-0.2, 0) is 4.74 Å². The molecule has 0 aromatic heterocycles. The molecule has 0 aliphatic carbocycles. The summed E-state index contributed by atoms with van der Waals surface area (Å²) in [6.07, 6.45) is -0.456. The van der Waals surface area contributed by atoms with Crippen molar-refractivity contribution in [3.05, 3.63) is 46.3 Å². The van der Waals surface area contributed by atoms with Crippen LogP contribution >= 0.6 is 22.6 Å². The highest BCUT2D eigenvalue weighted by atomic mass is 127. The zero-order valence-electron chi connectivity index (χ0n) is 7.67. The highest BCUT2D eigenvalue weighted by Crippen LogP contribution is 2.29. The van der Waals surface area contributed by atoms with Crippen molar-refractivity contribution in [1.29, 1.82) is 0 Å². The monoisotopic (exact) mass is 303 g/mol. The van der Waals surface area contributed by atoms with Gasteiger partial charge in [-0.3, -0.25) is 0 Å². The third-order valence-electron chi connectivity index (χ3n) is 1.78. The summed E-state index contributed by atoms with van der Waals surface area (Å²) in [5.74, 6) is 0. The fourth-order valence-corrected chi connectivity index (χ4v) is 1.93. The maximum absolute atomic E-state index is 8.34. The van der Waals surface area contributed by atoms with Gasteiger partial charge in [-0.2, -0.15) is 0 Å². The molecule has 0 fully saturated rings. The summed E-state index contributed by atoms with van der Waals surface area (Å²) in [6.45, 7) is 0. The normalized spacial score (nSPS) is 14.1. The molecule has 74 valence electrons. The quantitative estimate of drug-likeness (QED) is 0.276. The number of nitrogens with zero attached hydrogens (tertiary/aromatic N) is 3. The van der Waals surface area contributed by atoms with Gasteiger partial charge in [0.1, 0.15) is 0 Å². The molecule has 0 aliphatic heterocycles. The summed E-state index contributed by atoms with van der Waals surface area (Å²) in [5, 5.41) is 3.57. The van der Waals surface area contributed by atoms with Crippen LogP contribution in [0.15, 0.2) is 35.4 Å². The first-order valence-electron chi connectivity index (χ1n) is 4.05. The van der Waals surface area contributed by atoms with Crippen LogP contribution in [0.1, 0.15) is 9.49 Å². The average Bonchev–Trinajstić information content (AvgIpc) is 2.26. The van der Waals surface area contributed by atoms with Gasteiger partial charge in [0.05, 0.1) is 3.92 Å². The second-order valence-corrected chi connectivity index (χ2v) is 3.99. The maximum Gasteiger partial charge on any atom is 0.151 e. The van der Waals surface area contributed by atoms with E-state index in [0.717, 1.165) is 5.56 Å². The van der Waals surface area contributed by atoms with E-state index in [9.17, 15) is 0 Å². The Labute approximate surface area is 96.0 Å². The van der Waals surface area contributed by atoms with Crippen molar-refractivity contribution in [2.45, 2.75) is 10.2 Å². The van der Waals surface area contributed by atoms with E-state index in [1.165, 1.54) is 7.11 Å². The average molecular weight is 303 g/mol. The SMILES string of the molecule is COC(N=[N+]=[N-])C(I)c1ccccc1. The van der Waals surface area contributed by atoms with Crippen LogP contribution in [0.25, 0.3) is 10.4 Å². The van der Waals surface area contributed by atoms with Crippen LogP contribution < -0.4 is 0 Å². The van der Waals surface area contributed by atoms with Crippen LogP contribution in [0, 0.1) is 0 Å². The van der Waals surface area contributed by atoms with Crippen LogP contribution in [0.2, 0.25) is 0 Å². The zero-order valence-corrected chi connectivity index (χ0v) is 9.83. The number of benzene rings is 1. The van der Waals surface area contributed by atoms with Gasteiger partial charge in [-0.15, -0.1) is 0 Å². The summed E-state index contributed by atoms with van der Waals surface area (Å²) in [6, 6.07) is 9.81. The molecule has 0 saturated heterocycles. The standard InChI is InChI=1S/C9H10IN3O/c1-14-9(12-13-11)8(10)7-5-3-2-4-6-7/h2-6,8-9H,1H3. The summed E-state index contributed by atoms with van der Waals surface area (Å²) >= 11 is 2.20. The third kappa shape index (κ3) is 2.87. The van der Waals surface area contributed by atoms with E-state index in [1.54, 1.807) is 0 Å². The minimum absolute atomic E-state index is 0.0368. The van der Waals surface area contributed by atoms with Crippen LogP contribution in [-0.4, -0.2) is 13.3 Å². The fraction of sp³-hybridized carbons (Fsp3) is 0.333. The lowest BCUT2D eigenvalue weighted by molar-refractivity contribution is 0.110. The van der Waals surface area contributed by atoms with Crippen molar-refractivity contribution >= 4 is 22.6 Å². The molecule has 0 aliphatic rings. The minimum atomic E-state index is -0.456. The first-order valence-corrected chi connectivity index (χ1v) is 5.30. The molecule has 0 spiro atoms. The predicted molar refractivity (Wildman–Crippen MR) is 63.1 cm³/mol. The first kappa shape index (κ1) is 11.3. The van der Waals surface area contributed by atoms with Crippen molar-refractivity contribution in [3.63, 3.8) is 0 Å². The molecule has 2 unspecified atom stereocenters. The zero-order chi connectivity index (χ0) is 10.4. The van der Waals surface area contributed by atoms with Gasteiger partial charge in [-0.25, -0.2) is 0 Å². The number of hydrogen-bond acceptors (Lipinski definition) is 2. The Bertz CT molecular complexity index is 324. The Morgan fingerprint density at radius 2 is 2.07 bits per heavy atom. The van der Waals surface area contributed by atoms with Crippen molar-refractivity contribution in [3.8, 4) is 0 Å². The van der Waals surface area contributed by atoms with E-state index in [4.69, 9.17) is 10.3 Å². The van der Waals surface area contributed by atoms with Crippen molar-refractivity contribution in [1.82, 2.24) is 0 Å². The van der Waals surface area contributed by atoms with Gasteiger partial charge in [-0.1, -0.05) is 58.0 Å². The van der Waals surface area contributed by atoms with Crippen LogP contribution in [0.4, 0.5) is 0 Å². The molecule has 4 nitrogen and oxygen atoms in total. The Balaban J connectivity index is 2.82. The van der Waals surface area contributed by atoms with Crippen molar-refractivity contribution in [2.24, 2.45) is 5.11 Å². The number of hydrogen-bond donors (Lipinski definition) is 0. The molecule has 0 amide bonds. The fourth-order valence-electron chi connectivity index (χ4n) is 1.08. The van der Waals surface area contributed by atoms with E-state index < -0.39 is 6.23 Å². The lowest BCUT2D eigenvalue weighted by Gasteiger charge is -2.16. The van der Waals surface area contributed by atoms with Gasteiger partial charge in [-0.05, 0) is 11.1 Å². The topological polar surface area (TPSA) is 58.0 Å². The lowest BCUT2D eigenvalue weighted by Crippen LogP contribution is -2.12. The molecule has 14 heavy (non-hydrogen) atoms. The number of methoxy groups -OCH3 is 1. The van der Waals surface area contributed by atoms with Gasteiger partial charge in [0.15, 0.2) is 6.23 Å². The Hall–Kier alpha value is -0.780. The lowest BCUT2D eigenvalue weighted by atomic mass is 10.1. The molecular formula is C9H10IN3O. The molecule has 2 atom stereocenters. The van der Waals surface area contributed by atoms with Gasteiger partial charge in [0.25, 0.3) is 0 Å². The highest BCUT2D eigenvalue weighted by molar-refractivity contribution is 14.1. The molecule has 0 bridgehead atoms. The summed E-state index contributed by atoms with van der Waals surface area (Å²) in [5.41, 5.74) is 9.43.